The molecule has 0 bridgehead atoms. The van der Waals surface area contributed by atoms with E-state index < -0.39 is 0 Å². The predicted molar refractivity (Wildman–Crippen MR) is 65.2 cm³/mol. The van der Waals surface area contributed by atoms with Crippen molar-refractivity contribution in [1.82, 2.24) is 5.32 Å². The van der Waals surface area contributed by atoms with Gasteiger partial charge in [-0.1, -0.05) is 29.8 Å². The highest BCUT2D eigenvalue weighted by molar-refractivity contribution is 5.92. The fourth-order valence-corrected chi connectivity index (χ4v) is 1.97. The summed E-state index contributed by atoms with van der Waals surface area (Å²) in [5.74, 6) is 0.248. The van der Waals surface area contributed by atoms with Crippen molar-refractivity contribution in [2.24, 2.45) is 0 Å². The molecule has 0 saturated carbocycles. The van der Waals surface area contributed by atoms with Gasteiger partial charge in [0.25, 0.3) is 0 Å². The largest absolute Gasteiger partial charge is 0.388 e. The number of hydrogen-bond acceptors (Lipinski definition) is 2. The summed E-state index contributed by atoms with van der Waals surface area (Å²) in [7, 11) is 0. The summed E-state index contributed by atoms with van der Waals surface area (Å²) in [5.41, 5.74) is 3.74. The highest BCUT2D eigenvalue weighted by Crippen LogP contribution is 2.11. The van der Waals surface area contributed by atoms with E-state index in [1.54, 1.807) is 6.08 Å². The Kier molecular flexibility index (Phi) is 3.40. The van der Waals surface area contributed by atoms with Crippen molar-refractivity contribution in [2.75, 3.05) is 6.54 Å². The number of allylic oxidation sites excluding steroid dienone is 2. The molecule has 0 atom stereocenters. The minimum absolute atomic E-state index is 0.248. The molecule has 1 aliphatic carbocycles. The lowest BCUT2D eigenvalue weighted by atomic mass is 10.1. The number of nitrogens with one attached hydrogen (secondary N) is 1. The Morgan fingerprint density at radius 1 is 1.31 bits per heavy atom. The van der Waals surface area contributed by atoms with Crippen LogP contribution in [0.15, 0.2) is 36.0 Å². The molecule has 16 heavy (non-hydrogen) atoms. The lowest BCUT2D eigenvalue weighted by Gasteiger charge is -2.06. The monoisotopic (exact) mass is 215 g/mol. The number of carbonyl (C=O) groups excluding carboxylic acids is 1. The van der Waals surface area contributed by atoms with Crippen LogP contribution in [0, 0.1) is 6.92 Å². The average Bonchev–Trinajstić information content (AvgIpc) is 2.64. The third kappa shape index (κ3) is 2.96. The third-order valence-electron chi connectivity index (χ3n) is 2.82. The van der Waals surface area contributed by atoms with E-state index in [4.69, 9.17) is 0 Å². The molecule has 0 unspecified atom stereocenters. The first-order valence-electron chi connectivity index (χ1n) is 5.77. The summed E-state index contributed by atoms with van der Waals surface area (Å²) in [6.45, 7) is 3.01. The maximum absolute atomic E-state index is 11.0. The van der Waals surface area contributed by atoms with Crippen LogP contribution in [0.4, 0.5) is 0 Å². The Morgan fingerprint density at radius 3 is 2.88 bits per heavy atom. The van der Waals surface area contributed by atoms with Crippen LogP contribution in [0.2, 0.25) is 0 Å². The van der Waals surface area contributed by atoms with E-state index in [0.717, 1.165) is 25.1 Å². The molecule has 0 aromatic heterocycles. The minimum Gasteiger partial charge on any atom is -0.388 e. The van der Waals surface area contributed by atoms with Gasteiger partial charge in [-0.3, -0.25) is 4.79 Å². The Hall–Kier alpha value is -1.57. The summed E-state index contributed by atoms with van der Waals surface area (Å²) >= 11 is 0. The molecule has 0 aliphatic heterocycles. The number of benzene rings is 1. The quantitative estimate of drug-likeness (QED) is 0.835. The smallest absolute Gasteiger partial charge is 0.157 e. The van der Waals surface area contributed by atoms with Gasteiger partial charge in [-0.2, -0.15) is 0 Å². The van der Waals surface area contributed by atoms with Crippen LogP contribution < -0.4 is 5.32 Å². The zero-order chi connectivity index (χ0) is 11.4. The SMILES string of the molecule is Cc1cccc(CCNC2=CC(=O)CC2)c1. The van der Waals surface area contributed by atoms with Gasteiger partial charge in [0, 0.05) is 24.7 Å². The van der Waals surface area contributed by atoms with Gasteiger partial charge in [-0.25, -0.2) is 0 Å². The van der Waals surface area contributed by atoms with Crippen LogP contribution >= 0.6 is 0 Å². The molecule has 0 spiro atoms. The van der Waals surface area contributed by atoms with Crippen molar-refractivity contribution >= 4 is 5.78 Å². The molecule has 84 valence electrons. The number of rotatable bonds is 4. The molecule has 0 fully saturated rings. The van der Waals surface area contributed by atoms with Gasteiger partial charge in [-0.05, 0) is 25.3 Å². The number of aryl methyl sites for hydroxylation is 1. The molecule has 0 radical (unpaired) electrons. The molecule has 1 aromatic rings. The van der Waals surface area contributed by atoms with E-state index >= 15 is 0 Å². The molecular weight excluding hydrogens is 198 g/mol. The lowest BCUT2D eigenvalue weighted by Crippen LogP contribution is -2.15. The number of ketones is 1. The molecule has 0 amide bonds. The number of hydrogen-bond donors (Lipinski definition) is 1. The fourth-order valence-electron chi connectivity index (χ4n) is 1.97. The molecular formula is C14H17NO. The van der Waals surface area contributed by atoms with Crippen LogP contribution in [0.3, 0.4) is 0 Å². The van der Waals surface area contributed by atoms with Crippen molar-refractivity contribution in [3.63, 3.8) is 0 Å². The fraction of sp³-hybridized carbons (Fsp3) is 0.357. The minimum atomic E-state index is 0.248. The first-order valence-corrected chi connectivity index (χ1v) is 5.77. The summed E-state index contributed by atoms with van der Waals surface area (Å²) < 4.78 is 0. The second kappa shape index (κ2) is 4.97. The van der Waals surface area contributed by atoms with E-state index in [2.05, 4.69) is 36.5 Å². The van der Waals surface area contributed by atoms with Crippen molar-refractivity contribution in [1.29, 1.82) is 0 Å². The van der Waals surface area contributed by atoms with Crippen LogP contribution in [0.5, 0.6) is 0 Å². The van der Waals surface area contributed by atoms with Crippen molar-refractivity contribution in [2.45, 2.75) is 26.2 Å². The maximum atomic E-state index is 11.0. The topological polar surface area (TPSA) is 29.1 Å². The normalized spacial score (nSPS) is 15.1. The van der Waals surface area contributed by atoms with Gasteiger partial charge in [0.2, 0.25) is 0 Å². The molecule has 2 rings (SSSR count). The molecule has 1 aromatic carbocycles. The van der Waals surface area contributed by atoms with Gasteiger partial charge in [-0.15, -0.1) is 0 Å². The van der Waals surface area contributed by atoms with Crippen LogP contribution in [-0.2, 0) is 11.2 Å². The molecule has 2 nitrogen and oxygen atoms in total. The van der Waals surface area contributed by atoms with Gasteiger partial charge < -0.3 is 5.32 Å². The number of carbonyl (C=O) groups is 1. The highest BCUT2D eigenvalue weighted by atomic mass is 16.1. The first-order chi connectivity index (χ1) is 7.74. The Bertz CT molecular complexity index is 420. The zero-order valence-electron chi connectivity index (χ0n) is 9.62. The summed E-state index contributed by atoms with van der Waals surface area (Å²) in [5, 5.41) is 3.32. The van der Waals surface area contributed by atoms with Gasteiger partial charge >= 0.3 is 0 Å². The second-order valence-electron chi connectivity index (χ2n) is 4.30. The van der Waals surface area contributed by atoms with Gasteiger partial charge in [0.1, 0.15) is 0 Å². The van der Waals surface area contributed by atoms with Crippen molar-refractivity contribution in [3.8, 4) is 0 Å². The zero-order valence-corrected chi connectivity index (χ0v) is 9.62. The standard InChI is InChI=1S/C14H17NO/c1-11-3-2-4-12(9-11)7-8-15-13-5-6-14(16)10-13/h2-4,9-10,15H,5-8H2,1H3. The highest BCUT2D eigenvalue weighted by Gasteiger charge is 2.10. The van der Waals surface area contributed by atoms with E-state index in [1.165, 1.54) is 11.1 Å². The molecule has 2 heteroatoms. The second-order valence-corrected chi connectivity index (χ2v) is 4.30. The first kappa shape index (κ1) is 10.9. The van der Waals surface area contributed by atoms with E-state index in [1.807, 2.05) is 0 Å². The average molecular weight is 215 g/mol. The molecule has 0 saturated heterocycles. The maximum Gasteiger partial charge on any atom is 0.157 e. The van der Waals surface area contributed by atoms with E-state index in [0.29, 0.717) is 6.42 Å². The van der Waals surface area contributed by atoms with Crippen LogP contribution in [0.1, 0.15) is 24.0 Å². The molecule has 0 heterocycles. The molecule has 1 N–H and O–H groups in total. The van der Waals surface area contributed by atoms with E-state index in [9.17, 15) is 4.79 Å². The van der Waals surface area contributed by atoms with Gasteiger partial charge in [0.05, 0.1) is 0 Å². The van der Waals surface area contributed by atoms with Crippen molar-refractivity contribution < 1.29 is 4.79 Å². The van der Waals surface area contributed by atoms with Gasteiger partial charge in [0.15, 0.2) is 5.78 Å². The van der Waals surface area contributed by atoms with Crippen LogP contribution in [-0.4, -0.2) is 12.3 Å². The van der Waals surface area contributed by atoms with E-state index in [-0.39, 0.29) is 5.78 Å². The Balaban J connectivity index is 1.80. The lowest BCUT2D eigenvalue weighted by molar-refractivity contribution is -0.114. The Labute approximate surface area is 96.4 Å². The van der Waals surface area contributed by atoms with Crippen LogP contribution in [0.25, 0.3) is 0 Å². The van der Waals surface area contributed by atoms with Crippen molar-refractivity contribution in [3.05, 3.63) is 47.2 Å². The summed E-state index contributed by atoms with van der Waals surface area (Å²) in [6.07, 6.45) is 4.29. The summed E-state index contributed by atoms with van der Waals surface area (Å²) in [4.78, 5) is 11.0. The summed E-state index contributed by atoms with van der Waals surface area (Å²) in [6, 6.07) is 8.54. The third-order valence-corrected chi connectivity index (χ3v) is 2.82. The predicted octanol–water partition coefficient (Wildman–Crippen LogP) is 2.37. The Morgan fingerprint density at radius 2 is 2.19 bits per heavy atom. The molecule has 1 aliphatic rings.